The van der Waals surface area contributed by atoms with Gasteiger partial charge in [-0.15, -0.1) is 0 Å². The molecule has 2 aliphatic rings. The zero-order valence-corrected chi connectivity index (χ0v) is 13.9. The largest absolute Gasteiger partial charge is 0.497 e. The van der Waals surface area contributed by atoms with Gasteiger partial charge in [-0.3, -0.25) is 0 Å². The van der Waals surface area contributed by atoms with Crippen LogP contribution in [0.3, 0.4) is 0 Å². The smallest absolute Gasteiger partial charge is 0.137 e. The highest BCUT2D eigenvalue weighted by Gasteiger charge is 2.41. The number of nitrogens with zero attached hydrogens (tertiary/aromatic N) is 2. The van der Waals surface area contributed by atoms with Gasteiger partial charge < -0.3 is 14.4 Å². The lowest BCUT2D eigenvalue weighted by Crippen LogP contribution is -2.47. The first-order valence-corrected chi connectivity index (χ1v) is 7.99. The lowest BCUT2D eigenvalue weighted by Gasteiger charge is -2.45. The first kappa shape index (κ1) is 14.7. The standard InChI is InChI=1S/C16H19BrN2O2/c1-19-7-10(3-4-18)14-9-21-16-12(13(14)8-19)5-11(20-2)6-15(16)17/h5-6,10,13-14H,3,7-9H2,1-2H3/t10-,13-,14-/m0/s1. The van der Waals surface area contributed by atoms with Crippen LogP contribution in [0.1, 0.15) is 17.9 Å². The van der Waals surface area contributed by atoms with Crippen molar-refractivity contribution in [2.75, 3.05) is 33.9 Å². The molecular weight excluding hydrogens is 332 g/mol. The molecule has 2 heterocycles. The van der Waals surface area contributed by atoms with E-state index in [1.165, 1.54) is 5.56 Å². The Bertz CT molecular complexity index is 584. The molecule has 3 atom stereocenters. The van der Waals surface area contributed by atoms with Gasteiger partial charge in [0.2, 0.25) is 0 Å². The summed E-state index contributed by atoms with van der Waals surface area (Å²) in [6.45, 7) is 2.67. The average molecular weight is 351 g/mol. The zero-order chi connectivity index (χ0) is 15.0. The fourth-order valence-corrected chi connectivity index (χ4v) is 4.21. The second-order valence-corrected chi connectivity index (χ2v) is 6.81. The highest BCUT2D eigenvalue weighted by atomic mass is 79.9. The maximum absolute atomic E-state index is 9.08. The van der Waals surface area contributed by atoms with Gasteiger partial charge in [0.25, 0.3) is 0 Å². The SMILES string of the molecule is COc1cc(Br)c2c(c1)[C@@H]1CN(C)C[C@H](CC#N)[C@@H]1CO2. The Labute approximate surface area is 133 Å². The number of piperidine rings is 1. The van der Waals surface area contributed by atoms with Crippen LogP contribution >= 0.6 is 15.9 Å². The third-order valence-corrected chi connectivity index (χ3v) is 5.22. The molecule has 2 aliphatic heterocycles. The van der Waals surface area contributed by atoms with Crippen molar-refractivity contribution in [2.24, 2.45) is 11.8 Å². The quantitative estimate of drug-likeness (QED) is 0.822. The van der Waals surface area contributed by atoms with Crippen LogP contribution in [0.2, 0.25) is 0 Å². The summed E-state index contributed by atoms with van der Waals surface area (Å²) in [4.78, 5) is 2.33. The first-order valence-electron chi connectivity index (χ1n) is 7.19. The molecule has 0 unspecified atom stereocenters. The molecule has 4 nitrogen and oxygen atoms in total. The molecule has 21 heavy (non-hydrogen) atoms. The monoisotopic (exact) mass is 350 g/mol. The summed E-state index contributed by atoms with van der Waals surface area (Å²) >= 11 is 3.58. The van der Waals surface area contributed by atoms with Gasteiger partial charge in [-0.2, -0.15) is 5.26 Å². The summed E-state index contributed by atoms with van der Waals surface area (Å²) < 4.78 is 12.3. The van der Waals surface area contributed by atoms with Gasteiger partial charge in [0.05, 0.1) is 24.3 Å². The highest BCUT2D eigenvalue weighted by molar-refractivity contribution is 9.10. The normalized spacial score (nSPS) is 28.0. The predicted octanol–water partition coefficient (Wildman–Crippen LogP) is 3.03. The van der Waals surface area contributed by atoms with Crippen LogP contribution in [0.15, 0.2) is 16.6 Å². The molecule has 0 bridgehead atoms. The first-order chi connectivity index (χ1) is 10.1. The Kier molecular flexibility index (Phi) is 4.10. The summed E-state index contributed by atoms with van der Waals surface area (Å²) in [6.07, 6.45) is 0.593. The summed E-state index contributed by atoms with van der Waals surface area (Å²) in [7, 11) is 3.81. The summed E-state index contributed by atoms with van der Waals surface area (Å²) in [5.74, 6) is 2.96. The number of hydrogen-bond acceptors (Lipinski definition) is 4. The Morgan fingerprint density at radius 3 is 3.00 bits per heavy atom. The lowest BCUT2D eigenvalue weighted by atomic mass is 9.72. The van der Waals surface area contributed by atoms with Gasteiger partial charge in [-0.05, 0) is 41.0 Å². The van der Waals surface area contributed by atoms with E-state index in [1.807, 2.05) is 6.07 Å². The van der Waals surface area contributed by atoms with Crippen molar-refractivity contribution in [1.29, 1.82) is 5.26 Å². The number of benzene rings is 1. The van der Waals surface area contributed by atoms with E-state index in [-0.39, 0.29) is 0 Å². The fraction of sp³-hybridized carbons (Fsp3) is 0.562. The molecule has 112 valence electrons. The topological polar surface area (TPSA) is 45.5 Å². The van der Waals surface area contributed by atoms with E-state index < -0.39 is 0 Å². The molecule has 1 saturated heterocycles. The van der Waals surface area contributed by atoms with Crippen molar-refractivity contribution >= 4 is 15.9 Å². The molecule has 1 aromatic carbocycles. The number of hydrogen-bond donors (Lipinski definition) is 0. The van der Waals surface area contributed by atoms with E-state index >= 15 is 0 Å². The Morgan fingerprint density at radius 2 is 2.29 bits per heavy atom. The zero-order valence-electron chi connectivity index (χ0n) is 12.3. The molecule has 1 aromatic rings. The minimum atomic E-state index is 0.372. The molecule has 0 aromatic heterocycles. The number of halogens is 1. The van der Waals surface area contributed by atoms with Crippen molar-refractivity contribution in [2.45, 2.75) is 12.3 Å². The minimum absolute atomic E-state index is 0.372. The third kappa shape index (κ3) is 2.63. The Hall–Kier alpha value is -1.25. The lowest BCUT2D eigenvalue weighted by molar-refractivity contribution is 0.0613. The molecule has 0 spiro atoms. The second-order valence-electron chi connectivity index (χ2n) is 5.95. The van der Waals surface area contributed by atoms with Crippen molar-refractivity contribution in [3.8, 4) is 17.6 Å². The molecular formula is C16H19BrN2O2. The van der Waals surface area contributed by atoms with Crippen molar-refractivity contribution in [3.05, 3.63) is 22.2 Å². The van der Waals surface area contributed by atoms with Crippen LogP contribution in [0.5, 0.6) is 11.5 Å². The summed E-state index contributed by atoms with van der Waals surface area (Å²) in [5, 5.41) is 9.08. The van der Waals surface area contributed by atoms with Crippen LogP contribution in [-0.2, 0) is 0 Å². The number of likely N-dealkylation sites (N-methyl/N-ethyl adjacent to an activating group) is 1. The van der Waals surface area contributed by atoms with Gasteiger partial charge in [0.1, 0.15) is 11.5 Å². The van der Waals surface area contributed by atoms with Gasteiger partial charge >= 0.3 is 0 Å². The number of ether oxygens (including phenoxy) is 2. The molecule has 1 fully saturated rings. The molecule has 0 radical (unpaired) electrons. The second kappa shape index (κ2) is 5.86. The van der Waals surface area contributed by atoms with Gasteiger partial charge in [-0.1, -0.05) is 0 Å². The van der Waals surface area contributed by atoms with E-state index in [0.29, 0.717) is 30.8 Å². The molecule has 0 N–H and O–H groups in total. The summed E-state index contributed by atoms with van der Waals surface area (Å²) in [5.41, 5.74) is 1.20. The maximum Gasteiger partial charge on any atom is 0.137 e. The number of methoxy groups -OCH3 is 1. The summed E-state index contributed by atoms with van der Waals surface area (Å²) in [6, 6.07) is 6.36. The molecule has 0 saturated carbocycles. The number of likely N-dealkylation sites (tertiary alicyclic amines) is 1. The predicted molar refractivity (Wildman–Crippen MR) is 83.6 cm³/mol. The van der Waals surface area contributed by atoms with Crippen molar-refractivity contribution in [3.63, 3.8) is 0 Å². The average Bonchev–Trinajstić information content (AvgIpc) is 2.47. The van der Waals surface area contributed by atoms with Crippen LogP contribution < -0.4 is 9.47 Å². The molecule has 5 heteroatoms. The van der Waals surface area contributed by atoms with Gasteiger partial charge in [0.15, 0.2) is 0 Å². The van der Waals surface area contributed by atoms with E-state index in [2.05, 4.69) is 40.0 Å². The molecule has 0 amide bonds. The van der Waals surface area contributed by atoms with E-state index in [1.54, 1.807) is 7.11 Å². The third-order valence-electron chi connectivity index (χ3n) is 4.63. The van der Waals surface area contributed by atoms with Crippen LogP contribution in [-0.4, -0.2) is 38.8 Å². The van der Waals surface area contributed by atoms with E-state index in [9.17, 15) is 0 Å². The van der Waals surface area contributed by atoms with Crippen LogP contribution in [0, 0.1) is 23.2 Å². The van der Waals surface area contributed by atoms with E-state index in [4.69, 9.17) is 14.7 Å². The Morgan fingerprint density at radius 1 is 1.48 bits per heavy atom. The number of nitriles is 1. The number of rotatable bonds is 2. The Balaban J connectivity index is 2.01. The number of fused-ring (bicyclic) bond motifs is 3. The maximum atomic E-state index is 9.08. The minimum Gasteiger partial charge on any atom is -0.497 e. The molecule has 0 aliphatic carbocycles. The fourth-order valence-electron chi connectivity index (χ4n) is 3.64. The van der Waals surface area contributed by atoms with Gasteiger partial charge in [0, 0.05) is 36.9 Å². The molecule has 3 rings (SSSR count). The van der Waals surface area contributed by atoms with E-state index in [0.717, 1.165) is 29.1 Å². The van der Waals surface area contributed by atoms with Crippen LogP contribution in [0.4, 0.5) is 0 Å². The van der Waals surface area contributed by atoms with Crippen molar-refractivity contribution < 1.29 is 9.47 Å². The van der Waals surface area contributed by atoms with Crippen molar-refractivity contribution in [1.82, 2.24) is 4.90 Å². The van der Waals surface area contributed by atoms with Crippen LogP contribution in [0.25, 0.3) is 0 Å². The highest BCUT2D eigenvalue weighted by Crippen LogP contribution is 2.48. The van der Waals surface area contributed by atoms with Gasteiger partial charge in [-0.25, -0.2) is 0 Å².